The lowest BCUT2D eigenvalue weighted by atomic mass is 9.87. The summed E-state index contributed by atoms with van der Waals surface area (Å²) in [6.45, 7) is 14.9. The molecule has 3 aromatic carbocycles. The lowest BCUT2D eigenvalue weighted by Gasteiger charge is -2.19. The highest BCUT2D eigenvalue weighted by Gasteiger charge is 2.30. The number of benzene rings is 3. The molecule has 0 aromatic heterocycles. The fourth-order valence-corrected chi connectivity index (χ4v) is 5.96. The number of carbonyl (C=O) groups excluding carboxylic acids is 2. The fourth-order valence-electron chi connectivity index (χ4n) is 4.75. The zero-order valence-corrected chi connectivity index (χ0v) is 21.1. The Labute approximate surface area is 191 Å². The van der Waals surface area contributed by atoms with Gasteiger partial charge in [-0.3, -0.25) is 9.59 Å². The number of hydrogen-bond donors (Lipinski definition) is 0. The monoisotopic (exact) mass is 446 g/mol. The van der Waals surface area contributed by atoms with E-state index in [4.69, 9.17) is 0 Å². The van der Waals surface area contributed by atoms with Crippen LogP contribution in [0.4, 0.5) is 0 Å². The first kappa shape index (κ1) is 23.9. The summed E-state index contributed by atoms with van der Waals surface area (Å²) >= 11 is 0. The fraction of sp³-hybridized carbons (Fsp3) is 0.286. The highest BCUT2D eigenvalue weighted by molar-refractivity contribution is 7.70. The molecule has 0 saturated carbocycles. The molecule has 0 aliphatic heterocycles. The van der Waals surface area contributed by atoms with Crippen LogP contribution in [0.1, 0.15) is 65.2 Å². The summed E-state index contributed by atoms with van der Waals surface area (Å²) in [5.41, 5.74) is 7.35. The smallest absolute Gasteiger partial charge is 0.195 e. The Kier molecular flexibility index (Phi) is 6.45. The Balaban J connectivity index is 2.35. The molecule has 0 unspecified atom stereocenters. The molecule has 0 spiro atoms. The van der Waals surface area contributed by atoms with Gasteiger partial charge in [0.25, 0.3) is 0 Å². The molecule has 3 nitrogen and oxygen atoms in total. The minimum absolute atomic E-state index is 0.207. The van der Waals surface area contributed by atoms with Gasteiger partial charge in [-0.05, 0) is 77.1 Å². The van der Waals surface area contributed by atoms with Crippen molar-refractivity contribution in [2.45, 2.75) is 41.5 Å². The van der Waals surface area contributed by atoms with E-state index in [-0.39, 0.29) is 17.1 Å². The van der Waals surface area contributed by atoms with E-state index in [1.807, 2.05) is 65.8 Å². The lowest BCUT2D eigenvalue weighted by Crippen LogP contribution is -2.23. The van der Waals surface area contributed by atoms with Gasteiger partial charge in [0.05, 0.1) is 0 Å². The van der Waals surface area contributed by atoms with Crippen LogP contribution in [-0.2, 0) is 4.57 Å². The van der Waals surface area contributed by atoms with Crippen molar-refractivity contribution in [3.63, 3.8) is 0 Å². The van der Waals surface area contributed by atoms with Gasteiger partial charge in [-0.25, -0.2) is 0 Å². The van der Waals surface area contributed by atoms with Gasteiger partial charge in [0.1, 0.15) is 7.14 Å². The SMILES string of the molecule is Cc1cc(C)c(C(=O)c2cccc(P(C)(C)=O)c2C(=O)c2c(C)cc(C)cc2C)c(C)c1. The Morgan fingerprint density at radius 3 is 1.44 bits per heavy atom. The number of carbonyl (C=O) groups is 2. The van der Waals surface area contributed by atoms with Gasteiger partial charge in [-0.2, -0.15) is 0 Å². The Morgan fingerprint density at radius 2 is 1.03 bits per heavy atom. The number of aryl methyl sites for hydroxylation is 6. The molecular weight excluding hydrogens is 415 g/mol. The standard InChI is InChI=1S/C28H31O3P/c1-16-12-18(3)24(19(4)13-16)27(29)22-10-9-11-23(32(7,8)31)26(22)28(30)25-20(5)14-17(2)15-21(25)6/h9-15H,1-8H3. The second-order valence-electron chi connectivity index (χ2n) is 9.26. The van der Waals surface area contributed by atoms with Gasteiger partial charge in [0, 0.05) is 27.6 Å². The molecule has 0 atom stereocenters. The van der Waals surface area contributed by atoms with Crippen LogP contribution in [0.25, 0.3) is 0 Å². The average Bonchev–Trinajstić information content (AvgIpc) is 2.64. The summed E-state index contributed by atoms with van der Waals surface area (Å²) in [7, 11) is -2.83. The van der Waals surface area contributed by atoms with Crippen molar-refractivity contribution in [3.8, 4) is 0 Å². The van der Waals surface area contributed by atoms with Crippen LogP contribution < -0.4 is 5.30 Å². The van der Waals surface area contributed by atoms with Crippen LogP contribution in [0.15, 0.2) is 42.5 Å². The first-order valence-electron chi connectivity index (χ1n) is 10.8. The van der Waals surface area contributed by atoms with Gasteiger partial charge in [-0.1, -0.05) is 53.6 Å². The molecule has 0 amide bonds. The van der Waals surface area contributed by atoms with E-state index < -0.39 is 7.14 Å². The average molecular weight is 447 g/mol. The molecule has 3 rings (SSSR count). The van der Waals surface area contributed by atoms with E-state index in [1.54, 1.807) is 31.5 Å². The van der Waals surface area contributed by atoms with Gasteiger partial charge >= 0.3 is 0 Å². The van der Waals surface area contributed by atoms with Gasteiger partial charge in [0.15, 0.2) is 11.6 Å². The molecule has 166 valence electrons. The summed E-state index contributed by atoms with van der Waals surface area (Å²) in [4.78, 5) is 27.8. The van der Waals surface area contributed by atoms with E-state index in [9.17, 15) is 14.2 Å². The molecule has 0 heterocycles. The maximum absolute atomic E-state index is 14.0. The topological polar surface area (TPSA) is 51.2 Å². The van der Waals surface area contributed by atoms with Gasteiger partial charge < -0.3 is 4.57 Å². The second-order valence-corrected chi connectivity index (χ2v) is 12.4. The molecule has 0 radical (unpaired) electrons. The van der Waals surface area contributed by atoms with Crippen LogP contribution in [0.5, 0.6) is 0 Å². The van der Waals surface area contributed by atoms with E-state index in [0.717, 1.165) is 33.4 Å². The maximum Gasteiger partial charge on any atom is 0.195 e. The van der Waals surface area contributed by atoms with Crippen molar-refractivity contribution in [1.82, 2.24) is 0 Å². The number of ketones is 2. The van der Waals surface area contributed by atoms with E-state index >= 15 is 0 Å². The number of rotatable bonds is 5. The zero-order chi connectivity index (χ0) is 24.0. The van der Waals surface area contributed by atoms with Crippen molar-refractivity contribution >= 4 is 24.0 Å². The quantitative estimate of drug-likeness (QED) is 0.344. The second kappa shape index (κ2) is 8.64. The van der Waals surface area contributed by atoms with Gasteiger partial charge in [0.2, 0.25) is 0 Å². The minimum atomic E-state index is -2.83. The molecule has 0 bridgehead atoms. The van der Waals surface area contributed by atoms with Crippen molar-refractivity contribution in [3.05, 3.63) is 98.1 Å². The number of hydrogen-bond acceptors (Lipinski definition) is 3. The van der Waals surface area contributed by atoms with E-state index in [2.05, 4.69) is 0 Å². The largest absolute Gasteiger partial charge is 0.319 e. The highest BCUT2D eigenvalue weighted by atomic mass is 31.2. The molecule has 0 aliphatic rings. The summed E-state index contributed by atoms with van der Waals surface area (Å²) in [6.07, 6.45) is 0. The first-order chi connectivity index (χ1) is 14.8. The van der Waals surface area contributed by atoms with Crippen molar-refractivity contribution in [2.24, 2.45) is 0 Å². The molecule has 0 N–H and O–H groups in total. The minimum Gasteiger partial charge on any atom is -0.319 e. The third-order valence-corrected chi connectivity index (χ3v) is 7.44. The van der Waals surface area contributed by atoms with E-state index in [1.165, 1.54) is 0 Å². The normalized spacial score (nSPS) is 11.5. The molecule has 0 saturated heterocycles. The molecular formula is C28H31O3P. The summed E-state index contributed by atoms with van der Waals surface area (Å²) in [6, 6.07) is 13.0. The van der Waals surface area contributed by atoms with E-state index in [0.29, 0.717) is 22.0 Å². The van der Waals surface area contributed by atoms with Crippen LogP contribution in [0.2, 0.25) is 0 Å². The van der Waals surface area contributed by atoms with Crippen LogP contribution in [0.3, 0.4) is 0 Å². The Hall–Kier alpha value is -2.77. The lowest BCUT2D eigenvalue weighted by molar-refractivity contribution is 0.100. The van der Waals surface area contributed by atoms with Crippen LogP contribution in [0, 0.1) is 41.5 Å². The highest BCUT2D eigenvalue weighted by Crippen LogP contribution is 2.38. The van der Waals surface area contributed by atoms with Crippen molar-refractivity contribution in [1.29, 1.82) is 0 Å². The third-order valence-electron chi connectivity index (χ3n) is 5.90. The Bertz CT molecular complexity index is 1260. The van der Waals surface area contributed by atoms with Crippen LogP contribution >= 0.6 is 7.14 Å². The van der Waals surface area contributed by atoms with Crippen LogP contribution in [-0.4, -0.2) is 24.9 Å². The summed E-state index contributed by atoms with van der Waals surface area (Å²) in [5, 5.41) is 0.454. The Morgan fingerprint density at radius 1 is 0.625 bits per heavy atom. The third kappa shape index (κ3) is 4.40. The van der Waals surface area contributed by atoms with Crippen molar-refractivity contribution in [2.75, 3.05) is 13.3 Å². The summed E-state index contributed by atoms with van der Waals surface area (Å²) < 4.78 is 13.2. The predicted octanol–water partition coefficient (Wildman–Crippen LogP) is 6.25. The molecule has 0 aliphatic carbocycles. The zero-order valence-electron chi connectivity index (χ0n) is 20.2. The first-order valence-corrected chi connectivity index (χ1v) is 13.4. The van der Waals surface area contributed by atoms with Gasteiger partial charge in [-0.15, -0.1) is 0 Å². The maximum atomic E-state index is 14.0. The van der Waals surface area contributed by atoms with Crippen molar-refractivity contribution < 1.29 is 14.2 Å². The predicted molar refractivity (Wildman–Crippen MR) is 134 cm³/mol. The molecule has 32 heavy (non-hydrogen) atoms. The summed E-state index contributed by atoms with van der Waals surface area (Å²) in [5.74, 6) is -0.452. The molecule has 3 aromatic rings. The molecule has 4 heteroatoms. The molecule has 0 fully saturated rings.